The number of hydrogen-bond acceptors (Lipinski definition) is 2. The summed E-state index contributed by atoms with van der Waals surface area (Å²) < 4.78 is 8.54. The average Bonchev–Trinajstić information content (AvgIpc) is 3.75. The Morgan fingerprint density at radius 3 is 2.40 bits per heavy atom. The molecule has 0 N–H and O–H groups in total. The number of anilines is 1. The van der Waals surface area contributed by atoms with E-state index in [2.05, 4.69) is 143 Å². The quantitative estimate of drug-likeness (QED) is 0.208. The Hall–Kier alpha value is -5.54. The van der Waals surface area contributed by atoms with Gasteiger partial charge in [-0.3, -0.25) is 0 Å². The normalized spacial score (nSPS) is 19.0. The Morgan fingerprint density at radius 1 is 0.644 bits per heavy atom. The van der Waals surface area contributed by atoms with Crippen molar-refractivity contribution in [3.63, 3.8) is 0 Å². The van der Waals surface area contributed by atoms with Gasteiger partial charge in [0.05, 0.1) is 17.1 Å². The lowest BCUT2D eigenvalue weighted by Crippen LogP contribution is -2.32. The molecule has 0 fully saturated rings. The monoisotopic (exact) mass is 578 g/mol. The van der Waals surface area contributed by atoms with Gasteiger partial charge in [0.15, 0.2) is 0 Å². The van der Waals surface area contributed by atoms with Crippen molar-refractivity contribution in [2.75, 3.05) is 4.90 Å². The second kappa shape index (κ2) is 9.48. The molecule has 7 aromatic rings. The molecule has 0 spiro atoms. The number of furan rings is 1. The van der Waals surface area contributed by atoms with Crippen molar-refractivity contribution in [1.29, 1.82) is 0 Å². The molecule has 2 atom stereocenters. The van der Waals surface area contributed by atoms with Crippen LogP contribution < -0.4 is 4.90 Å². The maximum atomic E-state index is 6.14. The van der Waals surface area contributed by atoms with Crippen LogP contribution in [0.25, 0.3) is 55.0 Å². The molecule has 2 aliphatic carbocycles. The van der Waals surface area contributed by atoms with E-state index in [-0.39, 0.29) is 0 Å². The fourth-order valence-electron chi connectivity index (χ4n) is 7.91. The molecule has 1 aliphatic heterocycles. The van der Waals surface area contributed by atoms with Gasteiger partial charge in [-0.1, -0.05) is 91.0 Å². The van der Waals surface area contributed by atoms with E-state index < -0.39 is 0 Å². The Morgan fingerprint density at radius 2 is 1.47 bits per heavy atom. The Balaban J connectivity index is 1.10. The zero-order chi connectivity index (χ0) is 29.5. The minimum Gasteiger partial charge on any atom is -0.456 e. The molecular formula is C42H30N2O. The first-order valence-electron chi connectivity index (χ1n) is 15.9. The van der Waals surface area contributed by atoms with Gasteiger partial charge in [0.1, 0.15) is 11.2 Å². The Bertz CT molecular complexity index is 2460. The molecule has 214 valence electrons. The van der Waals surface area contributed by atoms with Crippen LogP contribution in [-0.4, -0.2) is 10.6 Å². The van der Waals surface area contributed by atoms with Crippen molar-refractivity contribution in [2.24, 2.45) is 0 Å². The van der Waals surface area contributed by atoms with Crippen molar-refractivity contribution < 1.29 is 4.42 Å². The van der Waals surface area contributed by atoms with Crippen LogP contribution in [0.1, 0.15) is 29.9 Å². The molecule has 0 saturated carbocycles. The number of rotatable bonds is 3. The van der Waals surface area contributed by atoms with Gasteiger partial charge in [0.25, 0.3) is 0 Å². The third-order valence-electron chi connectivity index (χ3n) is 9.93. The van der Waals surface area contributed by atoms with Crippen LogP contribution in [0, 0.1) is 0 Å². The minimum atomic E-state index is 0.291. The van der Waals surface area contributed by atoms with E-state index in [1.807, 2.05) is 12.1 Å². The number of benzene rings is 5. The minimum absolute atomic E-state index is 0.291. The zero-order valence-electron chi connectivity index (χ0n) is 24.7. The van der Waals surface area contributed by atoms with Crippen LogP contribution in [0.3, 0.4) is 0 Å². The predicted molar refractivity (Wildman–Crippen MR) is 187 cm³/mol. The number of aromatic nitrogens is 1. The highest BCUT2D eigenvalue weighted by Crippen LogP contribution is 2.48. The fraction of sp³-hybridized carbons (Fsp3) is 0.0952. The summed E-state index contributed by atoms with van der Waals surface area (Å²) in [7, 11) is 0. The number of fused-ring (bicyclic) bond motifs is 9. The number of allylic oxidation sites excluding steroid dienone is 5. The number of nitrogens with zero attached hydrogens (tertiary/aromatic N) is 2. The van der Waals surface area contributed by atoms with E-state index in [0.717, 1.165) is 40.5 Å². The second-order valence-electron chi connectivity index (χ2n) is 12.4. The van der Waals surface area contributed by atoms with E-state index in [0.29, 0.717) is 12.0 Å². The maximum Gasteiger partial charge on any atom is 0.135 e. The lowest BCUT2D eigenvalue weighted by atomic mass is 9.86. The lowest BCUT2D eigenvalue weighted by molar-refractivity contribution is 0.669. The zero-order valence-corrected chi connectivity index (χ0v) is 24.7. The highest BCUT2D eigenvalue weighted by Gasteiger charge is 2.38. The van der Waals surface area contributed by atoms with Gasteiger partial charge in [-0.25, -0.2) is 0 Å². The summed E-state index contributed by atoms with van der Waals surface area (Å²) >= 11 is 0. The van der Waals surface area contributed by atoms with Gasteiger partial charge in [-0.2, -0.15) is 0 Å². The van der Waals surface area contributed by atoms with Crippen molar-refractivity contribution >= 4 is 55.0 Å². The largest absolute Gasteiger partial charge is 0.456 e. The van der Waals surface area contributed by atoms with Crippen LogP contribution >= 0.6 is 0 Å². The molecule has 5 aromatic carbocycles. The highest BCUT2D eigenvalue weighted by atomic mass is 16.3. The van der Waals surface area contributed by atoms with Crippen LogP contribution in [0.15, 0.2) is 156 Å². The van der Waals surface area contributed by atoms with E-state index in [1.165, 1.54) is 49.9 Å². The van der Waals surface area contributed by atoms with Crippen molar-refractivity contribution in [3.05, 3.63) is 162 Å². The number of para-hydroxylation sites is 3. The first kappa shape index (κ1) is 24.9. The van der Waals surface area contributed by atoms with Crippen molar-refractivity contribution in [2.45, 2.75) is 24.8 Å². The first-order valence-corrected chi connectivity index (χ1v) is 15.9. The van der Waals surface area contributed by atoms with Crippen LogP contribution in [0.2, 0.25) is 0 Å². The smallest absolute Gasteiger partial charge is 0.135 e. The van der Waals surface area contributed by atoms with Crippen molar-refractivity contribution in [3.8, 4) is 5.69 Å². The standard InChI is InChI=1S/C42H30N2O/c1-2-10-29(11-3-1)43-37-15-7-4-12-31(37)34-24-27(18-21-39(34)43)28-19-22-40-35(25-28)32-13-5-8-16-38(32)44(40)30-20-23-42-36(26-30)33-14-6-9-17-41(33)45-42/h2,4-26,34,39H,1,3H2. The third-order valence-corrected chi connectivity index (χ3v) is 9.93. The van der Waals surface area contributed by atoms with E-state index in [1.54, 1.807) is 0 Å². The van der Waals surface area contributed by atoms with Crippen LogP contribution in [-0.2, 0) is 0 Å². The molecule has 2 aromatic heterocycles. The fourth-order valence-corrected chi connectivity index (χ4v) is 7.91. The van der Waals surface area contributed by atoms with Crippen molar-refractivity contribution in [1.82, 2.24) is 4.57 Å². The van der Waals surface area contributed by atoms with E-state index in [4.69, 9.17) is 4.42 Å². The summed E-state index contributed by atoms with van der Waals surface area (Å²) in [4.78, 5) is 2.54. The van der Waals surface area contributed by atoms with Gasteiger partial charge in [0, 0.05) is 44.5 Å². The summed E-state index contributed by atoms with van der Waals surface area (Å²) in [5.41, 5.74) is 12.0. The highest BCUT2D eigenvalue weighted by molar-refractivity contribution is 6.11. The Labute approximate surface area is 261 Å². The molecule has 0 radical (unpaired) electrons. The molecule has 3 heteroatoms. The maximum absolute atomic E-state index is 6.14. The van der Waals surface area contributed by atoms with Gasteiger partial charge in [0.2, 0.25) is 0 Å². The third kappa shape index (κ3) is 3.64. The van der Waals surface area contributed by atoms with Gasteiger partial charge >= 0.3 is 0 Å². The van der Waals surface area contributed by atoms with Gasteiger partial charge in [-0.05, 0) is 84.1 Å². The first-order chi connectivity index (χ1) is 22.3. The summed E-state index contributed by atoms with van der Waals surface area (Å²) in [5, 5.41) is 4.82. The van der Waals surface area contributed by atoms with E-state index >= 15 is 0 Å². The molecule has 3 heterocycles. The Kier molecular flexibility index (Phi) is 5.23. The van der Waals surface area contributed by atoms with Gasteiger partial charge < -0.3 is 13.9 Å². The van der Waals surface area contributed by atoms with E-state index in [9.17, 15) is 0 Å². The SMILES string of the molecule is C1=CC(N2c3ccccc3C3C=C(c4ccc5c(c4)c4ccccc4n5-c4ccc5oc6ccccc6c5c4)C=CC32)=CCC1. The molecular weight excluding hydrogens is 548 g/mol. The average molecular weight is 579 g/mol. The molecule has 0 bridgehead atoms. The molecule has 2 unspecified atom stereocenters. The molecule has 10 rings (SSSR count). The summed E-state index contributed by atoms with van der Waals surface area (Å²) in [6.07, 6.45) is 16.5. The molecule has 0 amide bonds. The molecule has 3 nitrogen and oxygen atoms in total. The van der Waals surface area contributed by atoms with Gasteiger partial charge in [-0.15, -0.1) is 0 Å². The summed E-state index contributed by atoms with van der Waals surface area (Å²) in [5.74, 6) is 0.311. The molecule has 3 aliphatic rings. The predicted octanol–water partition coefficient (Wildman–Crippen LogP) is 10.8. The molecule has 0 saturated heterocycles. The molecule has 45 heavy (non-hydrogen) atoms. The number of hydrogen-bond donors (Lipinski definition) is 0. The second-order valence-corrected chi connectivity index (χ2v) is 12.4. The summed E-state index contributed by atoms with van der Waals surface area (Å²) in [6, 6.07) is 39.8. The topological polar surface area (TPSA) is 21.3 Å². The van der Waals surface area contributed by atoms with Crippen LogP contribution in [0.5, 0.6) is 0 Å². The lowest BCUT2D eigenvalue weighted by Gasteiger charge is -2.31. The van der Waals surface area contributed by atoms with Crippen LogP contribution in [0.4, 0.5) is 5.69 Å². The summed E-state index contributed by atoms with van der Waals surface area (Å²) in [6.45, 7) is 0.